The highest BCUT2D eigenvalue weighted by atomic mass is 32.1. The van der Waals surface area contributed by atoms with E-state index < -0.39 is 0 Å². The van der Waals surface area contributed by atoms with Crippen molar-refractivity contribution in [2.24, 2.45) is 5.92 Å². The van der Waals surface area contributed by atoms with Gasteiger partial charge in [-0.1, -0.05) is 18.2 Å². The minimum atomic E-state index is -0.304. The Kier molecular flexibility index (Phi) is 4.63. The van der Waals surface area contributed by atoms with E-state index in [4.69, 9.17) is 0 Å². The van der Waals surface area contributed by atoms with E-state index in [2.05, 4.69) is 10.6 Å². The van der Waals surface area contributed by atoms with E-state index in [-0.39, 0.29) is 29.8 Å². The van der Waals surface area contributed by atoms with Gasteiger partial charge in [0, 0.05) is 25.2 Å². The average Bonchev–Trinajstić information content (AvgIpc) is 3.36. The molecule has 3 atom stereocenters. The fourth-order valence-corrected chi connectivity index (χ4v) is 4.58. The Morgan fingerprint density at radius 2 is 2.12 bits per heavy atom. The highest BCUT2D eigenvalue weighted by molar-refractivity contribution is 7.12. The Morgan fingerprint density at radius 3 is 2.81 bits per heavy atom. The lowest BCUT2D eigenvalue weighted by molar-refractivity contribution is 0.0917. The highest BCUT2D eigenvalue weighted by Crippen LogP contribution is 2.38. The molecule has 0 radical (unpaired) electrons. The molecule has 2 aromatic rings. The minimum absolute atomic E-state index is 0.0281. The van der Waals surface area contributed by atoms with Gasteiger partial charge < -0.3 is 15.5 Å². The molecule has 4 rings (SSSR count). The van der Waals surface area contributed by atoms with Gasteiger partial charge in [0.2, 0.25) is 0 Å². The number of amides is 3. The lowest BCUT2D eigenvalue weighted by Gasteiger charge is -2.32. The minimum Gasteiger partial charge on any atom is -0.348 e. The summed E-state index contributed by atoms with van der Waals surface area (Å²) in [5.74, 6) is -0.0372. The van der Waals surface area contributed by atoms with Crippen molar-refractivity contribution in [1.29, 1.82) is 0 Å². The molecule has 3 unspecified atom stereocenters. The molecule has 1 aliphatic heterocycles. The molecule has 5 nitrogen and oxygen atoms in total. The summed E-state index contributed by atoms with van der Waals surface area (Å²) in [6, 6.07) is 10.1. The van der Waals surface area contributed by atoms with Crippen LogP contribution in [-0.2, 0) is 6.54 Å². The molecule has 2 N–H and O–H groups in total. The molecule has 1 saturated carbocycles. The normalized spacial score (nSPS) is 23.9. The van der Waals surface area contributed by atoms with Crippen molar-refractivity contribution in [1.82, 2.24) is 15.5 Å². The van der Waals surface area contributed by atoms with Gasteiger partial charge in [-0.05, 0) is 47.9 Å². The van der Waals surface area contributed by atoms with Crippen LogP contribution < -0.4 is 10.6 Å². The number of thiophene rings is 1. The van der Waals surface area contributed by atoms with Crippen molar-refractivity contribution in [3.63, 3.8) is 0 Å². The Morgan fingerprint density at radius 1 is 1.23 bits per heavy atom. The SMILES string of the molecule is O=C(NC1CC2CC1CN2C(=O)NCc1cccc(F)c1)c1cccs1. The Labute approximate surface area is 155 Å². The van der Waals surface area contributed by atoms with E-state index in [1.54, 1.807) is 12.1 Å². The van der Waals surface area contributed by atoms with Crippen LogP contribution in [0.25, 0.3) is 0 Å². The van der Waals surface area contributed by atoms with Gasteiger partial charge >= 0.3 is 6.03 Å². The average molecular weight is 373 g/mol. The topological polar surface area (TPSA) is 61.4 Å². The zero-order valence-corrected chi connectivity index (χ0v) is 15.0. The molecule has 1 aromatic carbocycles. The number of hydrogen-bond donors (Lipinski definition) is 2. The highest BCUT2D eigenvalue weighted by Gasteiger charge is 2.47. The van der Waals surface area contributed by atoms with Crippen LogP contribution in [0.3, 0.4) is 0 Å². The first kappa shape index (κ1) is 17.0. The molecule has 2 heterocycles. The molecule has 3 amide bonds. The number of urea groups is 1. The number of carbonyl (C=O) groups is 2. The third kappa shape index (κ3) is 3.44. The first-order valence-electron chi connectivity index (χ1n) is 8.73. The van der Waals surface area contributed by atoms with Crippen molar-refractivity contribution in [2.45, 2.75) is 31.5 Å². The van der Waals surface area contributed by atoms with Crippen LogP contribution in [0, 0.1) is 11.7 Å². The van der Waals surface area contributed by atoms with Gasteiger partial charge in [-0.2, -0.15) is 0 Å². The van der Waals surface area contributed by atoms with Crippen molar-refractivity contribution in [3.8, 4) is 0 Å². The first-order chi connectivity index (χ1) is 12.6. The Bertz CT molecular complexity index is 811. The van der Waals surface area contributed by atoms with Gasteiger partial charge in [-0.15, -0.1) is 11.3 Å². The molecule has 2 bridgehead atoms. The molecular weight excluding hydrogens is 353 g/mol. The van der Waals surface area contributed by atoms with Crippen molar-refractivity contribution in [2.75, 3.05) is 6.54 Å². The number of nitrogens with zero attached hydrogens (tertiary/aromatic N) is 1. The van der Waals surface area contributed by atoms with E-state index in [0.717, 1.165) is 23.3 Å². The molecule has 2 fully saturated rings. The van der Waals surface area contributed by atoms with Crippen LogP contribution in [0.1, 0.15) is 28.1 Å². The fraction of sp³-hybridized carbons (Fsp3) is 0.368. The van der Waals surface area contributed by atoms with Crippen LogP contribution in [0.5, 0.6) is 0 Å². The molecule has 136 valence electrons. The second-order valence-corrected chi connectivity index (χ2v) is 7.83. The molecule has 2 aliphatic rings. The number of nitrogens with one attached hydrogen (secondary N) is 2. The third-order valence-electron chi connectivity index (χ3n) is 5.20. The molecule has 1 saturated heterocycles. The van der Waals surface area contributed by atoms with Crippen molar-refractivity contribution in [3.05, 3.63) is 58.0 Å². The predicted molar refractivity (Wildman–Crippen MR) is 97.4 cm³/mol. The maximum Gasteiger partial charge on any atom is 0.317 e. The largest absolute Gasteiger partial charge is 0.348 e. The van der Waals surface area contributed by atoms with Crippen LogP contribution in [0.4, 0.5) is 9.18 Å². The molecule has 26 heavy (non-hydrogen) atoms. The molecule has 0 spiro atoms. The number of likely N-dealkylation sites (tertiary alicyclic amines) is 1. The van der Waals surface area contributed by atoms with Gasteiger partial charge in [-0.3, -0.25) is 4.79 Å². The van der Waals surface area contributed by atoms with Crippen LogP contribution in [-0.4, -0.2) is 35.5 Å². The second-order valence-electron chi connectivity index (χ2n) is 6.88. The number of hydrogen-bond acceptors (Lipinski definition) is 3. The summed E-state index contributed by atoms with van der Waals surface area (Å²) in [4.78, 5) is 27.2. The Balaban J connectivity index is 1.29. The standard InChI is InChI=1S/C19H20FN3O2S/c20-14-4-1-3-12(7-14)10-21-19(25)23-11-13-8-15(23)9-16(13)22-18(24)17-5-2-6-26-17/h1-7,13,15-16H,8-11H2,(H,21,25)(H,22,24). The zero-order valence-electron chi connectivity index (χ0n) is 14.2. The smallest absolute Gasteiger partial charge is 0.317 e. The monoisotopic (exact) mass is 373 g/mol. The maximum absolute atomic E-state index is 13.2. The summed E-state index contributed by atoms with van der Waals surface area (Å²) in [7, 11) is 0. The van der Waals surface area contributed by atoms with E-state index in [1.807, 2.05) is 22.4 Å². The number of piperidine rings is 1. The quantitative estimate of drug-likeness (QED) is 0.866. The predicted octanol–water partition coefficient (Wildman–Crippen LogP) is 2.99. The van der Waals surface area contributed by atoms with Gasteiger partial charge in [0.05, 0.1) is 4.88 Å². The number of carbonyl (C=O) groups excluding carboxylic acids is 2. The van der Waals surface area contributed by atoms with Crippen LogP contribution in [0.2, 0.25) is 0 Å². The fourth-order valence-electron chi connectivity index (χ4n) is 3.95. The lowest BCUT2D eigenvalue weighted by atomic mass is 10.0. The summed E-state index contributed by atoms with van der Waals surface area (Å²) in [6.45, 7) is 0.956. The Hall–Kier alpha value is -2.41. The van der Waals surface area contributed by atoms with E-state index >= 15 is 0 Å². The van der Waals surface area contributed by atoms with Gasteiger partial charge in [0.1, 0.15) is 5.82 Å². The number of fused-ring (bicyclic) bond motifs is 2. The number of halogens is 1. The van der Waals surface area contributed by atoms with Crippen molar-refractivity contribution >= 4 is 23.3 Å². The summed E-state index contributed by atoms with van der Waals surface area (Å²) in [6.07, 6.45) is 1.71. The lowest BCUT2D eigenvalue weighted by Crippen LogP contribution is -2.50. The summed E-state index contributed by atoms with van der Waals surface area (Å²) >= 11 is 1.43. The molecular formula is C19H20FN3O2S. The molecule has 1 aromatic heterocycles. The third-order valence-corrected chi connectivity index (χ3v) is 6.07. The van der Waals surface area contributed by atoms with E-state index in [9.17, 15) is 14.0 Å². The number of benzene rings is 1. The maximum atomic E-state index is 13.2. The molecule has 1 aliphatic carbocycles. The van der Waals surface area contributed by atoms with Gasteiger partial charge in [0.25, 0.3) is 5.91 Å². The van der Waals surface area contributed by atoms with E-state index in [1.165, 1.54) is 23.5 Å². The summed E-state index contributed by atoms with van der Waals surface area (Å²) in [5.41, 5.74) is 0.740. The molecule has 7 heteroatoms. The van der Waals surface area contributed by atoms with Crippen molar-refractivity contribution < 1.29 is 14.0 Å². The second kappa shape index (κ2) is 7.07. The van der Waals surface area contributed by atoms with Gasteiger partial charge in [0.15, 0.2) is 0 Å². The first-order valence-corrected chi connectivity index (χ1v) is 9.61. The van der Waals surface area contributed by atoms with E-state index in [0.29, 0.717) is 19.0 Å². The summed E-state index contributed by atoms with van der Waals surface area (Å²) in [5, 5.41) is 7.86. The van der Waals surface area contributed by atoms with Crippen LogP contribution in [0.15, 0.2) is 41.8 Å². The summed E-state index contributed by atoms with van der Waals surface area (Å²) < 4.78 is 13.2. The zero-order chi connectivity index (χ0) is 18.1. The van der Waals surface area contributed by atoms with Gasteiger partial charge in [-0.25, -0.2) is 9.18 Å². The van der Waals surface area contributed by atoms with Crippen LogP contribution >= 0.6 is 11.3 Å². The number of rotatable bonds is 4.